The van der Waals surface area contributed by atoms with Gasteiger partial charge in [0.15, 0.2) is 11.0 Å². The number of rotatable bonds is 1. The van der Waals surface area contributed by atoms with Gasteiger partial charge in [-0.05, 0) is 23.9 Å². The maximum absolute atomic E-state index is 5.48. The molecule has 0 amide bonds. The highest BCUT2D eigenvalue weighted by Gasteiger charge is 2.07. The second kappa shape index (κ2) is 2.84. The maximum Gasteiger partial charge on any atom is 0.200 e. The molecule has 0 radical (unpaired) electrons. The van der Waals surface area contributed by atoms with E-state index in [-0.39, 0.29) is 0 Å². The Balaban J connectivity index is 2.50. The monoisotopic (exact) mass is 197 g/mol. The molecule has 2 aromatic heterocycles. The van der Waals surface area contributed by atoms with Crippen LogP contribution in [0.1, 0.15) is 5.56 Å². The Morgan fingerprint density at radius 1 is 1.50 bits per heavy atom. The van der Waals surface area contributed by atoms with Gasteiger partial charge in [0.1, 0.15) is 0 Å². The van der Waals surface area contributed by atoms with Gasteiger partial charge in [-0.25, -0.2) is 0 Å². The number of anilines is 1. The molecule has 0 bridgehead atoms. The van der Waals surface area contributed by atoms with Crippen LogP contribution in [-0.4, -0.2) is 9.36 Å². The van der Waals surface area contributed by atoms with Crippen molar-refractivity contribution >= 4 is 28.0 Å². The summed E-state index contributed by atoms with van der Waals surface area (Å²) in [5.74, 6) is 0.755. The normalized spacial score (nSPS) is 10.4. The van der Waals surface area contributed by atoms with Crippen LogP contribution in [0.5, 0.6) is 0 Å². The summed E-state index contributed by atoms with van der Waals surface area (Å²) in [6.07, 6.45) is 0. The van der Waals surface area contributed by atoms with Crippen LogP contribution in [0.15, 0.2) is 11.4 Å². The number of thiophene rings is 1. The number of hydrogen-bond acceptors (Lipinski definition) is 5. The topological polar surface area (TPSA) is 51.8 Å². The van der Waals surface area contributed by atoms with E-state index in [1.807, 2.05) is 12.3 Å². The minimum absolute atomic E-state index is 0.526. The summed E-state index contributed by atoms with van der Waals surface area (Å²) in [6.45, 7) is 2.04. The van der Waals surface area contributed by atoms with Crippen molar-refractivity contribution in [1.29, 1.82) is 0 Å². The molecular formula is C7H7N3S2. The number of aryl methyl sites for hydroxylation is 1. The molecule has 5 heteroatoms. The zero-order valence-electron chi connectivity index (χ0n) is 6.44. The summed E-state index contributed by atoms with van der Waals surface area (Å²) in [5, 5.41) is 2.56. The SMILES string of the molecule is Cc1ccsc1-c1nsc(N)n1. The molecule has 12 heavy (non-hydrogen) atoms. The molecule has 0 aliphatic rings. The highest BCUT2D eigenvalue weighted by Crippen LogP contribution is 2.27. The second-order valence-electron chi connectivity index (χ2n) is 2.39. The molecule has 0 fully saturated rings. The lowest BCUT2D eigenvalue weighted by Gasteiger charge is -1.89. The maximum atomic E-state index is 5.48. The Labute approximate surface area is 78.1 Å². The van der Waals surface area contributed by atoms with Crippen molar-refractivity contribution in [2.75, 3.05) is 5.73 Å². The van der Waals surface area contributed by atoms with E-state index in [4.69, 9.17) is 5.73 Å². The van der Waals surface area contributed by atoms with Crippen molar-refractivity contribution in [2.24, 2.45) is 0 Å². The molecule has 0 saturated heterocycles. The average molecular weight is 197 g/mol. The van der Waals surface area contributed by atoms with Gasteiger partial charge in [0.2, 0.25) is 0 Å². The molecule has 0 unspecified atom stereocenters. The van der Waals surface area contributed by atoms with E-state index in [1.165, 1.54) is 17.1 Å². The van der Waals surface area contributed by atoms with Crippen LogP contribution in [0.25, 0.3) is 10.7 Å². The van der Waals surface area contributed by atoms with Crippen molar-refractivity contribution < 1.29 is 0 Å². The van der Waals surface area contributed by atoms with Gasteiger partial charge in [0.05, 0.1) is 4.88 Å². The van der Waals surface area contributed by atoms with Crippen LogP contribution in [-0.2, 0) is 0 Å². The van der Waals surface area contributed by atoms with Crippen molar-refractivity contribution in [1.82, 2.24) is 9.36 Å². The van der Waals surface area contributed by atoms with Gasteiger partial charge >= 0.3 is 0 Å². The highest BCUT2D eigenvalue weighted by atomic mass is 32.1. The summed E-state index contributed by atoms with van der Waals surface area (Å²) >= 11 is 2.88. The number of hydrogen-bond donors (Lipinski definition) is 1. The fourth-order valence-corrected chi connectivity index (χ4v) is 2.29. The third kappa shape index (κ3) is 1.21. The second-order valence-corrected chi connectivity index (χ2v) is 4.09. The van der Waals surface area contributed by atoms with E-state index in [1.54, 1.807) is 11.3 Å². The Kier molecular flexibility index (Phi) is 1.82. The first-order chi connectivity index (χ1) is 5.77. The van der Waals surface area contributed by atoms with Gasteiger partial charge in [-0.15, -0.1) is 11.3 Å². The number of nitrogen functional groups attached to an aromatic ring is 1. The first-order valence-corrected chi connectivity index (χ1v) is 5.06. The third-order valence-corrected chi connectivity index (χ3v) is 3.06. The van der Waals surface area contributed by atoms with Gasteiger partial charge in [0, 0.05) is 11.5 Å². The molecule has 0 aliphatic heterocycles. The number of nitrogens with zero attached hydrogens (tertiary/aromatic N) is 2. The highest BCUT2D eigenvalue weighted by molar-refractivity contribution is 7.14. The summed E-state index contributed by atoms with van der Waals surface area (Å²) in [6, 6.07) is 2.05. The van der Waals surface area contributed by atoms with Crippen molar-refractivity contribution in [3.8, 4) is 10.7 Å². The van der Waals surface area contributed by atoms with Crippen LogP contribution in [0.2, 0.25) is 0 Å². The third-order valence-electron chi connectivity index (χ3n) is 1.51. The minimum Gasteiger partial charge on any atom is -0.374 e. The molecule has 62 valence electrons. The van der Waals surface area contributed by atoms with Crippen LogP contribution < -0.4 is 5.73 Å². The van der Waals surface area contributed by atoms with Crippen molar-refractivity contribution in [3.63, 3.8) is 0 Å². The van der Waals surface area contributed by atoms with Crippen molar-refractivity contribution in [3.05, 3.63) is 17.0 Å². The summed E-state index contributed by atoms with van der Waals surface area (Å²) in [5.41, 5.74) is 6.69. The minimum atomic E-state index is 0.526. The Morgan fingerprint density at radius 3 is 2.83 bits per heavy atom. The summed E-state index contributed by atoms with van der Waals surface area (Å²) in [4.78, 5) is 5.22. The quantitative estimate of drug-likeness (QED) is 0.762. The standard InChI is InChI=1S/C7H7N3S2/c1-4-2-3-11-5(4)6-9-7(8)12-10-6/h2-3H,1H3,(H2,8,9,10). The summed E-state index contributed by atoms with van der Waals surface area (Å²) in [7, 11) is 0. The van der Waals surface area contributed by atoms with Gasteiger partial charge in [0.25, 0.3) is 0 Å². The van der Waals surface area contributed by atoms with E-state index in [9.17, 15) is 0 Å². The van der Waals surface area contributed by atoms with Crippen LogP contribution in [0.4, 0.5) is 5.13 Å². The van der Waals surface area contributed by atoms with E-state index >= 15 is 0 Å². The van der Waals surface area contributed by atoms with E-state index in [0.29, 0.717) is 5.13 Å². The average Bonchev–Trinajstić information content (AvgIpc) is 2.58. The largest absolute Gasteiger partial charge is 0.374 e. The van der Waals surface area contributed by atoms with Crippen molar-refractivity contribution in [2.45, 2.75) is 6.92 Å². The predicted molar refractivity (Wildman–Crippen MR) is 52.4 cm³/mol. The fourth-order valence-electron chi connectivity index (χ4n) is 0.929. The zero-order chi connectivity index (χ0) is 8.55. The number of aromatic nitrogens is 2. The summed E-state index contributed by atoms with van der Waals surface area (Å²) < 4.78 is 4.14. The smallest absolute Gasteiger partial charge is 0.200 e. The zero-order valence-corrected chi connectivity index (χ0v) is 8.08. The molecule has 2 rings (SSSR count). The van der Waals surface area contributed by atoms with E-state index in [2.05, 4.69) is 15.4 Å². The first kappa shape index (κ1) is 7.70. The van der Waals surface area contributed by atoms with Crippen LogP contribution >= 0.6 is 22.9 Å². The van der Waals surface area contributed by atoms with Gasteiger partial charge in [-0.3, -0.25) is 0 Å². The molecule has 0 aliphatic carbocycles. The van der Waals surface area contributed by atoms with Gasteiger partial charge < -0.3 is 5.73 Å². The fraction of sp³-hybridized carbons (Fsp3) is 0.143. The molecule has 0 spiro atoms. The van der Waals surface area contributed by atoms with Gasteiger partial charge in [-0.2, -0.15) is 9.36 Å². The molecular weight excluding hydrogens is 190 g/mol. The molecule has 0 saturated carbocycles. The lowest BCUT2D eigenvalue weighted by Crippen LogP contribution is -1.82. The lowest BCUT2D eigenvalue weighted by molar-refractivity contribution is 1.33. The molecule has 0 atom stereocenters. The lowest BCUT2D eigenvalue weighted by atomic mass is 10.3. The molecule has 3 nitrogen and oxygen atoms in total. The first-order valence-electron chi connectivity index (χ1n) is 3.41. The van der Waals surface area contributed by atoms with Crippen LogP contribution in [0, 0.1) is 6.92 Å². The Hall–Kier alpha value is -0.940. The van der Waals surface area contributed by atoms with E-state index < -0.39 is 0 Å². The Bertz CT molecular complexity index is 391. The predicted octanol–water partition coefficient (Wildman–Crippen LogP) is 2.16. The van der Waals surface area contributed by atoms with Gasteiger partial charge in [-0.1, -0.05) is 0 Å². The number of nitrogens with two attached hydrogens (primary N) is 1. The van der Waals surface area contributed by atoms with Crippen LogP contribution in [0.3, 0.4) is 0 Å². The molecule has 0 aromatic carbocycles. The molecule has 2 aromatic rings. The molecule has 2 heterocycles. The molecule has 2 N–H and O–H groups in total. The van der Waals surface area contributed by atoms with E-state index in [0.717, 1.165) is 10.7 Å². The Morgan fingerprint density at radius 2 is 2.33 bits per heavy atom.